The highest BCUT2D eigenvalue weighted by atomic mass is 35.5. The van der Waals surface area contributed by atoms with Crippen LogP contribution in [0, 0.1) is 0 Å². The first-order valence-electron chi connectivity index (χ1n) is 10.8. The molecule has 0 fully saturated rings. The van der Waals surface area contributed by atoms with Gasteiger partial charge in [0.1, 0.15) is 35.7 Å². The van der Waals surface area contributed by atoms with E-state index in [4.69, 9.17) is 25.8 Å². The van der Waals surface area contributed by atoms with Gasteiger partial charge in [-0.3, -0.25) is 0 Å². The number of rotatable bonds is 4. The van der Waals surface area contributed by atoms with Crippen molar-refractivity contribution in [3.05, 3.63) is 100 Å². The van der Waals surface area contributed by atoms with Crippen LogP contribution < -0.4 is 19.5 Å². The van der Waals surface area contributed by atoms with Crippen LogP contribution in [0.3, 0.4) is 0 Å². The van der Waals surface area contributed by atoms with Gasteiger partial charge in [-0.05, 0) is 48.0 Å². The minimum Gasteiger partial charge on any atom is -0.497 e. The van der Waals surface area contributed by atoms with Crippen LogP contribution in [0.2, 0.25) is 5.02 Å². The third kappa shape index (κ3) is 3.28. The van der Waals surface area contributed by atoms with Gasteiger partial charge in [0.05, 0.1) is 19.9 Å². The summed E-state index contributed by atoms with van der Waals surface area (Å²) < 4.78 is 19.4. The molecule has 4 aromatic rings. The van der Waals surface area contributed by atoms with E-state index in [1.54, 1.807) is 20.5 Å². The number of halogens is 1. The quantitative estimate of drug-likeness (QED) is 0.422. The van der Waals surface area contributed by atoms with Crippen molar-refractivity contribution in [2.75, 3.05) is 19.5 Å². The molecule has 8 heteroatoms. The second kappa shape index (κ2) is 8.11. The Kier molecular flexibility index (Phi) is 4.92. The van der Waals surface area contributed by atoms with E-state index in [-0.39, 0.29) is 6.04 Å². The molecule has 2 aliphatic rings. The molecule has 2 aliphatic heterocycles. The monoisotopic (exact) mass is 472 g/mol. The molecule has 0 amide bonds. The van der Waals surface area contributed by atoms with Gasteiger partial charge in [0, 0.05) is 21.7 Å². The molecule has 6 rings (SSSR count). The Bertz CT molecular complexity index is 1410. The first-order valence-corrected chi connectivity index (χ1v) is 11.2. The lowest BCUT2D eigenvalue weighted by atomic mass is 9.84. The van der Waals surface area contributed by atoms with Crippen LogP contribution in [0.25, 0.3) is 5.70 Å². The van der Waals surface area contributed by atoms with Gasteiger partial charge in [-0.2, -0.15) is 10.1 Å². The molecule has 0 bridgehead atoms. The van der Waals surface area contributed by atoms with Crippen molar-refractivity contribution in [1.29, 1.82) is 0 Å². The van der Waals surface area contributed by atoms with Crippen LogP contribution in [0.5, 0.6) is 17.2 Å². The zero-order valence-corrected chi connectivity index (χ0v) is 19.3. The number of hydrogen-bond donors (Lipinski definition) is 1. The van der Waals surface area contributed by atoms with E-state index in [9.17, 15) is 0 Å². The minimum absolute atomic E-state index is 0.261. The molecule has 0 radical (unpaired) electrons. The minimum atomic E-state index is -0.393. The normalized spacial score (nSPS) is 18.2. The van der Waals surface area contributed by atoms with E-state index in [2.05, 4.69) is 15.4 Å². The molecule has 0 aliphatic carbocycles. The average Bonchev–Trinajstić information content (AvgIpc) is 3.35. The Morgan fingerprint density at radius 3 is 2.56 bits per heavy atom. The molecular weight excluding hydrogens is 452 g/mol. The maximum Gasteiger partial charge on any atom is 0.226 e. The second-order valence-corrected chi connectivity index (χ2v) is 8.51. The fraction of sp³-hybridized carbons (Fsp3) is 0.154. The molecule has 0 saturated heterocycles. The predicted octanol–water partition coefficient (Wildman–Crippen LogP) is 5.51. The van der Waals surface area contributed by atoms with Crippen molar-refractivity contribution in [1.82, 2.24) is 14.8 Å². The maximum atomic E-state index is 6.63. The average molecular weight is 473 g/mol. The van der Waals surface area contributed by atoms with E-state index < -0.39 is 6.10 Å². The van der Waals surface area contributed by atoms with Crippen molar-refractivity contribution in [3.63, 3.8) is 0 Å². The molecule has 170 valence electrons. The number of methoxy groups -OCH3 is 2. The smallest absolute Gasteiger partial charge is 0.226 e. The summed E-state index contributed by atoms with van der Waals surface area (Å²) in [5.41, 5.74) is 4.80. The third-order valence-corrected chi connectivity index (χ3v) is 6.44. The molecule has 2 atom stereocenters. The summed E-state index contributed by atoms with van der Waals surface area (Å²) in [6, 6.07) is 21.3. The van der Waals surface area contributed by atoms with Crippen molar-refractivity contribution >= 4 is 23.2 Å². The van der Waals surface area contributed by atoms with Gasteiger partial charge in [-0.15, -0.1) is 0 Å². The first-order chi connectivity index (χ1) is 16.7. The zero-order chi connectivity index (χ0) is 23.2. The molecule has 1 aromatic heterocycles. The predicted molar refractivity (Wildman–Crippen MR) is 130 cm³/mol. The van der Waals surface area contributed by atoms with Crippen LogP contribution in [0.1, 0.15) is 28.8 Å². The third-order valence-electron chi connectivity index (χ3n) is 6.20. The molecular formula is C26H21ClN4O3. The lowest BCUT2D eigenvalue weighted by Gasteiger charge is -2.39. The van der Waals surface area contributed by atoms with Crippen molar-refractivity contribution in [3.8, 4) is 17.2 Å². The van der Waals surface area contributed by atoms with Crippen molar-refractivity contribution in [2.24, 2.45) is 0 Å². The molecule has 0 spiro atoms. The lowest BCUT2D eigenvalue weighted by Crippen LogP contribution is -2.32. The van der Waals surface area contributed by atoms with Crippen LogP contribution >= 0.6 is 11.6 Å². The van der Waals surface area contributed by atoms with E-state index in [1.807, 2.05) is 71.4 Å². The summed E-state index contributed by atoms with van der Waals surface area (Å²) in [7, 11) is 3.32. The van der Waals surface area contributed by atoms with Crippen molar-refractivity contribution in [2.45, 2.75) is 12.1 Å². The van der Waals surface area contributed by atoms with Crippen LogP contribution in [-0.2, 0) is 0 Å². The van der Waals surface area contributed by atoms with Gasteiger partial charge in [-0.1, -0.05) is 35.9 Å². The SMILES string of the molecule is COc1ccc([C@H]2C3=C(Nc4ncnn42)c2cc(Cl)ccc2O[C@@H]3c2cccc(OC)c2)cc1. The molecule has 3 heterocycles. The summed E-state index contributed by atoms with van der Waals surface area (Å²) in [5.74, 6) is 2.94. The molecule has 1 N–H and O–H groups in total. The van der Waals surface area contributed by atoms with Gasteiger partial charge in [-0.25, -0.2) is 4.68 Å². The van der Waals surface area contributed by atoms with Gasteiger partial charge >= 0.3 is 0 Å². The molecule has 0 saturated carbocycles. The van der Waals surface area contributed by atoms with Crippen LogP contribution in [0.15, 0.2) is 78.6 Å². The number of ether oxygens (including phenoxy) is 3. The van der Waals surface area contributed by atoms with Gasteiger partial charge in [0.15, 0.2) is 0 Å². The Labute approximate surface area is 201 Å². The van der Waals surface area contributed by atoms with Gasteiger partial charge < -0.3 is 19.5 Å². The highest BCUT2D eigenvalue weighted by Crippen LogP contribution is 2.51. The van der Waals surface area contributed by atoms with Crippen LogP contribution in [0.4, 0.5) is 5.95 Å². The molecule has 7 nitrogen and oxygen atoms in total. The molecule has 0 unspecified atom stereocenters. The van der Waals surface area contributed by atoms with Gasteiger partial charge in [0.2, 0.25) is 5.95 Å². The summed E-state index contributed by atoms with van der Waals surface area (Å²) in [6.45, 7) is 0. The summed E-state index contributed by atoms with van der Waals surface area (Å²) in [5, 5.41) is 8.67. The number of nitrogens with one attached hydrogen (secondary N) is 1. The summed E-state index contributed by atoms with van der Waals surface area (Å²) >= 11 is 6.40. The molecule has 3 aromatic carbocycles. The second-order valence-electron chi connectivity index (χ2n) is 8.07. The molecule has 34 heavy (non-hydrogen) atoms. The first kappa shape index (κ1) is 20.6. The highest BCUT2D eigenvalue weighted by molar-refractivity contribution is 6.30. The number of benzene rings is 3. The Balaban J connectivity index is 1.61. The number of aromatic nitrogens is 3. The summed E-state index contributed by atoms with van der Waals surface area (Å²) in [6.07, 6.45) is 1.16. The topological polar surface area (TPSA) is 70.4 Å². The van der Waals surface area contributed by atoms with E-state index >= 15 is 0 Å². The number of fused-ring (bicyclic) bond motifs is 3. The zero-order valence-electron chi connectivity index (χ0n) is 18.5. The lowest BCUT2D eigenvalue weighted by molar-refractivity contribution is 0.222. The summed E-state index contributed by atoms with van der Waals surface area (Å²) in [4.78, 5) is 4.47. The largest absolute Gasteiger partial charge is 0.497 e. The fourth-order valence-electron chi connectivity index (χ4n) is 4.63. The number of hydrogen-bond acceptors (Lipinski definition) is 6. The van der Waals surface area contributed by atoms with E-state index in [1.165, 1.54) is 0 Å². The van der Waals surface area contributed by atoms with E-state index in [0.29, 0.717) is 11.0 Å². The Hall–Kier alpha value is -3.97. The Morgan fingerprint density at radius 1 is 0.941 bits per heavy atom. The number of anilines is 1. The number of nitrogens with zero attached hydrogens (tertiary/aromatic N) is 3. The van der Waals surface area contributed by atoms with Crippen LogP contribution in [-0.4, -0.2) is 29.0 Å². The highest BCUT2D eigenvalue weighted by Gasteiger charge is 2.41. The standard InChI is InChI=1S/C26H21ClN4O3/c1-32-18-9-6-15(7-10-18)24-22-23(30-26-28-14-29-31(24)26)20-13-17(27)8-11-21(20)34-25(22)16-4-3-5-19(12-16)33-2/h3-14,24-25H,1-2H3,(H,28,29,30)/t24-,25+/m0/s1. The van der Waals surface area contributed by atoms with Gasteiger partial charge in [0.25, 0.3) is 0 Å². The maximum absolute atomic E-state index is 6.63. The van der Waals surface area contributed by atoms with Crippen molar-refractivity contribution < 1.29 is 14.2 Å². The Morgan fingerprint density at radius 2 is 1.76 bits per heavy atom. The fourth-order valence-corrected chi connectivity index (χ4v) is 4.80. The van der Waals surface area contributed by atoms with E-state index in [0.717, 1.165) is 45.2 Å².